The molecule has 0 bridgehead atoms. The highest BCUT2D eigenvalue weighted by molar-refractivity contribution is 7.19. The average molecular weight is 323 g/mol. The van der Waals surface area contributed by atoms with Crippen molar-refractivity contribution in [2.75, 3.05) is 0 Å². The Morgan fingerprint density at radius 2 is 1.70 bits per heavy atom. The van der Waals surface area contributed by atoms with E-state index in [1.165, 1.54) is 17.4 Å². The number of carbonyl (C=O) groups excluding carboxylic acids is 2. The molecule has 1 heterocycles. The van der Waals surface area contributed by atoms with Gasteiger partial charge in [0.1, 0.15) is 5.01 Å². The first-order valence-electron chi connectivity index (χ1n) is 6.91. The summed E-state index contributed by atoms with van der Waals surface area (Å²) in [6.45, 7) is 0. The Bertz CT molecular complexity index is 839. The molecule has 0 saturated carbocycles. The minimum absolute atomic E-state index is 0.368. The van der Waals surface area contributed by atoms with Crippen LogP contribution in [-0.4, -0.2) is 16.8 Å². The number of nitrogens with zero attached hydrogens (tertiary/aromatic N) is 1. The second-order valence-corrected chi connectivity index (χ2v) is 5.72. The molecule has 0 spiro atoms. The van der Waals surface area contributed by atoms with E-state index < -0.39 is 5.91 Å². The fraction of sp³-hybridized carbons (Fsp3) is 0. The van der Waals surface area contributed by atoms with Crippen molar-refractivity contribution in [3.05, 3.63) is 71.2 Å². The van der Waals surface area contributed by atoms with E-state index in [0.717, 1.165) is 15.2 Å². The van der Waals surface area contributed by atoms with E-state index in [2.05, 4.69) is 15.8 Å². The molecule has 2 N–H and O–H groups in total. The molecule has 0 aliphatic carbocycles. The van der Waals surface area contributed by atoms with Gasteiger partial charge >= 0.3 is 0 Å². The summed E-state index contributed by atoms with van der Waals surface area (Å²) < 4.78 is 1.06. The summed E-state index contributed by atoms with van der Waals surface area (Å²) in [6, 6.07) is 16.4. The minimum atomic E-state index is -0.423. The van der Waals surface area contributed by atoms with Gasteiger partial charge in [-0.1, -0.05) is 30.3 Å². The molecule has 0 aliphatic rings. The molecule has 1 aromatic heterocycles. The minimum Gasteiger partial charge on any atom is -0.268 e. The first kappa shape index (κ1) is 14.9. The molecule has 0 unspecified atom stereocenters. The predicted octanol–water partition coefficient (Wildman–Crippen LogP) is 2.77. The maximum Gasteiger partial charge on any atom is 0.269 e. The monoisotopic (exact) mass is 323 g/mol. The van der Waals surface area contributed by atoms with E-state index in [1.807, 2.05) is 30.3 Å². The van der Waals surface area contributed by atoms with Gasteiger partial charge < -0.3 is 0 Å². The molecule has 3 rings (SSSR count). The molecule has 2 aromatic carbocycles. The largest absolute Gasteiger partial charge is 0.269 e. The van der Waals surface area contributed by atoms with Crippen LogP contribution in [0.3, 0.4) is 0 Å². The van der Waals surface area contributed by atoms with E-state index in [9.17, 15) is 9.59 Å². The van der Waals surface area contributed by atoms with Crippen LogP contribution in [0.5, 0.6) is 0 Å². The third-order valence-corrected chi connectivity index (χ3v) is 4.02. The summed E-state index contributed by atoms with van der Waals surface area (Å²) in [6.07, 6.45) is 2.96. The molecule has 6 heteroatoms. The normalized spacial score (nSPS) is 10.8. The molecule has 3 aromatic rings. The molecular weight excluding hydrogens is 310 g/mol. The number of rotatable bonds is 3. The Labute approximate surface area is 136 Å². The zero-order valence-corrected chi connectivity index (χ0v) is 12.8. The standard InChI is InChI=1S/C17H13N3O2S/c21-15(19-20-17(22)12-6-2-1-3-7-12)10-11-16-18-13-8-4-5-9-14(13)23-16/h1-11H,(H,19,21)(H,20,22)/b11-10+. The molecule has 2 amide bonds. The van der Waals surface area contributed by atoms with Crippen LogP contribution in [0.4, 0.5) is 0 Å². The first-order valence-corrected chi connectivity index (χ1v) is 7.73. The molecule has 0 saturated heterocycles. The lowest BCUT2D eigenvalue weighted by Crippen LogP contribution is -2.40. The smallest absolute Gasteiger partial charge is 0.268 e. The Balaban J connectivity index is 1.57. The summed E-state index contributed by atoms with van der Waals surface area (Å²) in [5.74, 6) is -0.791. The lowest BCUT2D eigenvalue weighted by Gasteiger charge is -2.04. The number of aromatic nitrogens is 1. The molecule has 0 atom stereocenters. The molecule has 23 heavy (non-hydrogen) atoms. The van der Waals surface area contributed by atoms with Gasteiger partial charge in [-0.3, -0.25) is 20.4 Å². The number of fused-ring (bicyclic) bond motifs is 1. The highest BCUT2D eigenvalue weighted by Crippen LogP contribution is 2.22. The van der Waals surface area contributed by atoms with E-state index in [0.29, 0.717) is 5.56 Å². The number of nitrogens with one attached hydrogen (secondary N) is 2. The summed E-state index contributed by atoms with van der Waals surface area (Å²) in [7, 11) is 0. The average Bonchev–Trinajstić information content (AvgIpc) is 3.01. The number of para-hydroxylation sites is 1. The van der Waals surface area contributed by atoms with Crippen molar-refractivity contribution in [1.82, 2.24) is 15.8 Å². The van der Waals surface area contributed by atoms with E-state index in [1.54, 1.807) is 30.3 Å². The second kappa shape index (κ2) is 6.85. The quantitative estimate of drug-likeness (QED) is 0.575. The van der Waals surface area contributed by atoms with Crippen LogP contribution in [0, 0.1) is 0 Å². The Hall–Kier alpha value is -2.99. The van der Waals surface area contributed by atoms with Gasteiger partial charge in [0, 0.05) is 11.6 Å². The third kappa shape index (κ3) is 3.81. The van der Waals surface area contributed by atoms with E-state index >= 15 is 0 Å². The number of thiazole rings is 1. The van der Waals surface area contributed by atoms with E-state index in [-0.39, 0.29) is 5.91 Å². The number of hydrogen-bond acceptors (Lipinski definition) is 4. The summed E-state index contributed by atoms with van der Waals surface area (Å²) in [4.78, 5) is 27.9. The lowest BCUT2D eigenvalue weighted by molar-refractivity contribution is -0.117. The van der Waals surface area contributed by atoms with Gasteiger partial charge in [0.05, 0.1) is 10.2 Å². The van der Waals surface area contributed by atoms with Crippen molar-refractivity contribution < 1.29 is 9.59 Å². The van der Waals surface area contributed by atoms with Crippen LogP contribution in [0.1, 0.15) is 15.4 Å². The van der Waals surface area contributed by atoms with Gasteiger partial charge in [0.15, 0.2) is 0 Å². The number of benzene rings is 2. The van der Waals surface area contributed by atoms with Gasteiger partial charge in [-0.2, -0.15) is 0 Å². The van der Waals surface area contributed by atoms with Gasteiger partial charge in [-0.25, -0.2) is 4.98 Å². The number of amides is 2. The van der Waals surface area contributed by atoms with Crippen LogP contribution in [0.15, 0.2) is 60.7 Å². The van der Waals surface area contributed by atoms with Crippen LogP contribution in [0.25, 0.3) is 16.3 Å². The van der Waals surface area contributed by atoms with Crippen molar-refractivity contribution in [3.63, 3.8) is 0 Å². The molecule has 0 fully saturated rings. The first-order chi connectivity index (χ1) is 11.2. The van der Waals surface area contributed by atoms with Crippen LogP contribution in [-0.2, 0) is 4.79 Å². The van der Waals surface area contributed by atoms with Gasteiger partial charge in [0.25, 0.3) is 11.8 Å². The SMILES string of the molecule is O=C(/C=C/c1nc2ccccc2s1)NNC(=O)c1ccccc1. The van der Waals surface area contributed by atoms with Crippen LogP contribution < -0.4 is 10.9 Å². The number of hydrazine groups is 1. The maximum absolute atomic E-state index is 11.8. The zero-order valence-electron chi connectivity index (χ0n) is 12.0. The highest BCUT2D eigenvalue weighted by Gasteiger charge is 2.05. The number of hydrogen-bond donors (Lipinski definition) is 2. The van der Waals surface area contributed by atoms with Crippen molar-refractivity contribution in [2.24, 2.45) is 0 Å². The topological polar surface area (TPSA) is 71.1 Å². The Morgan fingerprint density at radius 1 is 0.957 bits per heavy atom. The summed E-state index contributed by atoms with van der Waals surface area (Å²) in [5, 5.41) is 0.732. The second-order valence-electron chi connectivity index (χ2n) is 4.66. The van der Waals surface area contributed by atoms with Crippen LogP contribution >= 0.6 is 11.3 Å². The zero-order chi connectivity index (χ0) is 16.1. The fourth-order valence-electron chi connectivity index (χ4n) is 1.93. The van der Waals surface area contributed by atoms with E-state index in [4.69, 9.17) is 0 Å². The van der Waals surface area contributed by atoms with Crippen molar-refractivity contribution >= 4 is 39.4 Å². The third-order valence-electron chi connectivity index (χ3n) is 3.02. The Morgan fingerprint density at radius 3 is 2.48 bits per heavy atom. The lowest BCUT2D eigenvalue weighted by atomic mass is 10.2. The molecule has 0 radical (unpaired) electrons. The maximum atomic E-state index is 11.8. The number of carbonyl (C=O) groups is 2. The molecule has 5 nitrogen and oxygen atoms in total. The highest BCUT2D eigenvalue weighted by atomic mass is 32.1. The van der Waals surface area contributed by atoms with Gasteiger partial charge in [0.2, 0.25) is 0 Å². The van der Waals surface area contributed by atoms with Crippen molar-refractivity contribution in [2.45, 2.75) is 0 Å². The van der Waals surface area contributed by atoms with Crippen LogP contribution in [0.2, 0.25) is 0 Å². The van der Waals surface area contributed by atoms with Gasteiger partial charge in [-0.15, -0.1) is 11.3 Å². The fourth-order valence-corrected chi connectivity index (χ4v) is 2.80. The molecule has 0 aliphatic heterocycles. The predicted molar refractivity (Wildman–Crippen MR) is 90.7 cm³/mol. The van der Waals surface area contributed by atoms with Crippen molar-refractivity contribution in [1.29, 1.82) is 0 Å². The van der Waals surface area contributed by atoms with Crippen molar-refractivity contribution in [3.8, 4) is 0 Å². The molecule has 114 valence electrons. The van der Waals surface area contributed by atoms with Gasteiger partial charge in [-0.05, 0) is 30.3 Å². The molecular formula is C17H13N3O2S. The summed E-state index contributed by atoms with van der Waals surface area (Å²) in [5.41, 5.74) is 6.06. The summed E-state index contributed by atoms with van der Waals surface area (Å²) >= 11 is 1.50. The Kier molecular flexibility index (Phi) is 4.44.